The number of nitro benzene ring substituents is 1. The van der Waals surface area contributed by atoms with Crippen LogP contribution in [0.2, 0.25) is 0 Å². The first-order chi connectivity index (χ1) is 7.61. The smallest absolute Gasteiger partial charge is 0.296 e. The van der Waals surface area contributed by atoms with Gasteiger partial charge in [-0.05, 0) is 12.1 Å². The molecule has 2 rings (SSSR count). The Hall–Kier alpha value is -1.82. The van der Waals surface area contributed by atoms with Gasteiger partial charge in [-0.3, -0.25) is 10.1 Å². The molecule has 6 nitrogen and oxygen atoms in total. The zero-order valence-corrected chi connectivity index (χ0v) is 8.92. The number of anilines is 1. The molecule has 6 heteroatoms. The molecule has 0 radical (unpaired) electrons. The molecule has 1 fully saturated rings. The lowest BCUT2D eigenvalue weighted by molar-refractivity contribution is -0.384. The van der Waals surface area contributed by atoms with E-state index in [1.54, 1.807) is 12.1 Å². The minimum absolute atomic E-state index is 0.0613. The van der Waals surface area contributed by atoms with Crippen LogP contribution in [0.25, 0.3) is 0 Å². The fourth-order valence-corrected chi connectivity index (χ4v) is 1.75. The largest absolute Gasteiger partial charge is 0.496 e. The van der Waals surface area contributed by atoms with Gasteiger partial charge in [0.2, 0.25) is 0 Å². The van der Waals surface area contributed by atoms with Gasteiger partial charge in [-0.25, -0.2) is 0 Å². The summed E-state index contributed by atoms with van der Waals surface area (Å²) in [6, 6.07) is 4.95. The lowest BCUT2D eigenvalue weighted by atomic mass is 10.1. The molecular formula is C10H13N3O3. The highest BCUT2D eigenvalue weighted by atomic mass is 16.6. The lowest BCUT2D eigenvalue weighted by Gasteiger charge is -2.38. The molecule has 0 spiro atoms. The maximum Gasteiger partial charge on any atom is 0.296 e. The number of hydrogen-bond donors (Lipinski definition) is 1. The molecule has 0 unspecified atom stereocenters. The normalized spacial score (nSPS) is 15.8. The summed E-state index contributed by atoms with van der Waals surface area (Å²) in [5.41, 5.74) is 6.32. The summed E-state index contributed by atoms with van der Waals surface area (Å²) in [4.78, 5) is 12.4. The number of methoxy groups -OCH3 is 1. The average Bonchev–Trinajstić information content (AvgIpc) is 2.24. The van der Waals surface area contributed by atoms with Gasteiger partial charge in [0.05, 0.1) is 18.1 Å². The van der Waals surface area contributed by atoms with E-state index in [1.807, 2.05) is 4.90 Å². The second kappa shape index (κ2) is 3.97. The van der Waals surface area contributed by atoms with Gasteiger partial charge in [0, 0.05) is 19.1 Å². The third-order valence-electron chi connectivity index (χ3n) is 2.63. The van der Waals surface area contributed by atoms with E-state index < -0.39 is 4.92 Å². The first-order valence-corrected chi connectivity index (χ1v) is 4.95. The fourth-order valence-electron chi connectivity index (χ4n) is 1.75. The highest BCUT2D eigenvalue weighted by molar-refractivity contribution is 5.66. The Balaban J connectivity index is 2.33. The van der Waals surface area contributed by atoms with E-state index in [0.717, 1.165) is 0 Å². The summed E-state index contributed by atoms with van der Waals surface area (Å²) < 4.78 is 4.96. The van der Waals surface area contributed by atoms with Gasteiger partial charge in [0.1, 0.15) is 11.4 Å². The molecule has 1 aromatic carbocycles. The van der Waals surface area contributed by atoms with E-state index in [0.29, 0.717) is 24.5 Å². The predicted octanol–water partition coefficient (Wildman–Crippen LogP) is 0.751. The molecule has 1 saturated heterocycles. The fraction of sp³-hybridized carbons (Fsp3) is 0.400. The summed E-state index contributed by atoms with van der Waals surface area (Å²) in [5, 5.41) is 10.9. The first-order valence-electron chi connectivity index (χ1n) is 4.95. The number of nitrogens with zero attached hydrogens (tertiary/aromatic N) is 2. The molecule has 16 heavy (non-hydrogen) atoms. The number of ether oxygens (including phenoxy) is 1. The number of hydrogen-bond acceptors (Lipinski definition) is 5. The Kier molecular flexibility index (Phi) is 2.66. The maximum atomic E-state index is 10.9. The topological polar surface area (TPSA) is 81.6 Å². The molecular weight excluding hydrogens is 210 g/mol. The summed E-state index contributed by atoms with van der Waals surface area (Å²) in [6.45, 7) is 1.32. The van der Waals surface area contributed by atoms with Gasteiger partial charge >= 0.3 is 0 Å². The zero-order chi connectivity index (χ0) is 11.7. The van der Waals surface area contributed by atoms with Crippen molar-refractivity contribution in [3.05, 3.63) is 28.3 Å². The van der Waals surface area contributed by atoms with Crippen molar-refractivity contribution in [2.45, 2.75) is 6.04 Å². The van der Waals surface area contributed by atoms with Crippen LogP contribution in [-0.4, -0.2) is 31.2 Å². The standard InChI is InChI=1S/C10H13N3O3/c1-16-8-2-3-9(10(4-8)13(14)15)12-5-7(11)6-12/h2-4,7H,5-6,11H2,1H3. The summed E-state index contributed by atoms with van der Waals surface area (Å²) in [7, 11) is 1.48. The van der Waals surface area contributed by atoms with Crippen molar-refractivity contribution in [3.63, 3.8) is 0 Å². The molecule has 1 heterocycles. The third-order valence-corrected chi connectivity index (χ3v) is 2.63. The predicted molar refractivity (Wildman–Crippen MR) is 59.8 cm³/mol. The summed E-state index contributed by atoms with van der Waals surface area (Å²) in [6.07, 6.45) is 0. The van der Waals surface area contributed by atoms with Crippen LogP contribution in [-0.2, 0) is 0 Å². The van der Waals surface area contributed by atoms with Crippen LogP contribution in [0, 0.1) is 10.1 Å². The van der Waals surface area contributed by atoms with Crippen LogP contribution < -0.4 is 15.4 Å². The van der Waals surface area contributed by atoms with Crippen LogP contribution in [0.3, 0.4) is 0 Å². The monoisotopic (exact) mass is 223 g/mol. The Morgan fingerprint density at radius 2 is 2.25 bits per heavy atom. The number of nitro groups is 1. The second-order valence-corrected chi connectivity index (χ2v) is 3.78. The van der Waals surface area contributed by atoms with Crippen molar-refractivity contribution in [2.75, 3.05) is 25.1 Å². The Morgan fingerprint density at radius 1 is 1.56 bits per heavy atom. The van der Waals surface area contributed by atoms with Crippen molar-refractivity contribution < 1.29 is 9.66 Å². The second-order valence-electron chi connectivity index (χ2n) is 3.78. The quantitative estimate of drug-likeness (QED) is 0.604. The number of rotatable bonds is 3. The van der Waals surface area contributed by atoms with Crippen LogP contribution >= 0.6 is 0 Å². The molecule has 2 N–H and O–H groups in total. The first kappa shape index (κ1) is 10.7. The Labute approximate surface area is 92.8 Å². The van der Waals surface area contributed by atoms with Gasteiger partial charge in [-0.1, -0.05) is 0 Å². The highest BCUT2D eigenvalue weighted by Crippen LogP contribution is 2.33. The Bertz CT molecular complexity index is 416. The van der Waals surface area contributed by atoms with Crippen molar-refractivity contribution in [3.8, 4) is 5.75 Å². The molecule has 86 valence electrons. The van der Waals surface area contributed by atoms with Crippen LogP contribution in [0.1, 0.15) is 0 Å². The molecule has 0 bridgehead atoms. The van der Waals surface area contributed by atoms with E-state index >= 15 is 0 Å². The van der Waals surface area contributed by atoms with Gasteiger partial charge in [-0.2, -0.15) is 0 Å². The van der Waals surface area contributed by atoms with E-state index in [9.17, 15) is 10.1 Å². The average molecular weight is 223 g/mol. The molecule has 1 aromatic rings. The highest BCUT2D eigenvalue weighted by Gasteiger charge is 2.29. The minimum atomic E-state index is -0.401. The van der Waals surface area contributed by atoms with Crippen LogP contribution in [0.5, 0.6) is 5.75 Å². The number of benzene rings is 1. The van der Waals surface area contributed by atoms with Crippen molar-refractivity contribution in [2.24, 2.45) is 5.73 Å². The summed E-state index contributed by atoms with van der Waals surface area (Å²) >= 11 is 0. The Morgan fingerprint density at radius 3 is 2.75 bits per heavy atom. The molecule has 0 saturated carbocycles. The number of nitrogens with two attached hydrogens (primary N) is 1. The minimum Gasteiger partial charge on any atom is -0.496 e. The van der Waals surface area contributed by atoms with E-state index in [1.165, 1.54) is 13.2 Å². The third kappa shape index (κ3) is 1.79. The van der Waals surface area contributed by atoms with E-state index in [4.69, 9.17) is 10.5 Å². The summed E-state index contributed by atoms with van der Waals surface area (Å²) in [5.74, 6) is 0.486. The lowest BCUT2D eigenvalue weighted by Crippen LogP contribution is -2.56. The molecule has 0 atom stereocenters. The molecule has 0 amide bonds. The van der Waals surface area contributed by atoms with Crippen molar-refractivity contribution in [1.82, 2.24) is 0 Å². The van der Waals surface area contributed by atoms with Crippen molar-refractivity contribution >= 4 is 11.4 Å². The van der Waals surface area contributed by atoms with E-state index in [2.05, 4.69) is 0 Å². The molecule has 0 aromatic heterocycles. The van der Waals surface area contributed by atoms with Gasteiger partial charge in [-0.15, -0.1) is 0 Å². The van der Waals surface area contributed by atoms with Gasteiger partial charge < -0.3 is 15.4 Å². The molecule has 1 aliphatic rings. The van der Waals surface area contributed by atoms with E-state index in [-0.39, 0.29) is 11.7 Å². The SMILES string of the molecule is COc1ccc(N2CC(N)C2)c([N+](=O)[O-])c1. The van der Waals surface area contributed by atoms with Crippen molar-refractivity contribution in [1.29, 1.82) is 0 Å². The molecule has 0 aliphatic carbocycles. The van der Waals surface area contributed by atoms with Crippen LogP contribution in [0.15, 0.2) is 18.2 Å². The molecule has 1 aliphatic heterocycles. The zero-order valence-electron chi connectivity index (χ0n) is 8.92. The maximum absolute atomic E-state index is 10.9. The van der Waals surface area contributed by atoms with Gasteiger partial charge in [0.15, 0.2) is 0 Å². The van der Waals surface area contributed by atoms with Crippen LogP contribution in [0.4, 0.5) is 11.4 Å². The van der Waals surface area contributed by atoms with Gasteiger partial charge in [0.25, 0.3) is 5.69 Å².